The van der Waals surface area contributed by atoms with Crippen molar-refractivity contribution in [2.24, 2.45) is 5.73 Å². The molecule has 0 saturated carbocycles. The Morgan fingerprint density at radius 1 is 1.39 bits per heavy atom. The number of hydrogen-bond donors (Lipinski definition) is 2. The SMILES string of the molecule is CC(C)Nc1cc(N(C)CCC(C)(C)N)ncn1. The van der Waals surface area contributed by atoms with Crippen LogP contribution in [0, 0.1) is 0 Å². The third kappa shape index (κ3) is 5.31. The van der Waals surface area contributed by atoms with E-state index in [2.05, 4.69) is 34.0 Å². The summed E-state index contributed by atoms with van der Waals surface area (Å²) in [6.07, 6.45) is 2.50. The van der Waals surface area contributed by atoms with Crippen LogP contribution in [0.3, 0.4) is 0 Å². The Morgan fingerprint density at radius 2 is 2.06 bits per heavy atom. The van der Waals surface area contributed by atoms with Crippen molar-refractivity contribution in [3.8, 4) is 0 Å². The predicted molar refractivity (Wildman–Crippen MR) is 76.9 cm³/mol. The zero-order valence-corrected chi connectivity index (χ0v) is 12.1. The van der Waals surface area contributed by atoms with Crippen molar-refractivity contribution < 1.29 is 0 Å². The first-order valence-corrected chi connectivity index (χ1v) is 6.36. The normalized spacial score (nSPS) is 11.7. The van der Waals surface area contributed by atoms with Crippen molar-refractivity contribution >= 4 is 11.6 Å². The molecule has 0 amide bonds. The van der Waals surface area contributed by atoms with E-state index >= 15 is 0 Å². The number of aromatic nitrogens is 2. The van der Waals surface area contributed by atoms with E-state index in [0.29, 0.717) is 6.04 Å². The lowest BCUT2D eigenvalue weighted by atomic mass is 10.0. The van der Waals surface area contributed by atoms with Gasteiger partial charge in [0.2, 0.25) is 0 Å². The summed E-state index contributed by atoms with van der Waals surface area (Å²) in [6.45, 7) is 9.12. The van der Waals surface area contributed by atoms with Crippen LogP contribution in [0.2, 0.25) is 0 Å². The van der Waals surface area contributed by atoms with Crippen LogP contribution in [0.25, 0.3) is 0 Å². The summed E-state index contributed by atoms with van der Waals surface area (Å²) in [4.78, 5) is 10.6. The van der Waals surface area contributed by atoms with Crippen molar-refractivity contribution in [1.29, 1.82) is 0 Å². The first-order valence-electron chi connectivity index (χ1n) is 6.36. The Kier molecular flexibility index (Phi) is 4.90. The van der Waals surface area contributed by atoms with Gasteiger partial charge in [-0.1, -0.05) is 0 Å². The largest absolute Gasteiger partial charge is 0.368 e. The second kappa shape index (κ2) is 6.00. The summed E-state index contributed by atoms with van der Waals surface area (Å²) < 4.78 is 0. The van der Waals surface area contributed by atoms with Crippen LogP contribution in [0.5, 0.6) is 0 Å². The lowest BCUT2D eigenvalue weighted by Crippen LogP contribution is -2.36. The van der Waals surface area contributed by atoms with Crippen LogP contribution < -0.4 is 16.0 Å². The average Bonchev–Trinajstić information content (AvgIpc) is 2.24. The fourth-order valence-electron chi connectivity index (χ4n) is 1.50. The molecule has 0 fully saturated rings. The van der Waals surface area contributed by atoms with Gasteiger partial charge in [-0.3, -0.25) is 0 Å². The Labute approximate surface area is 110 Å². The quantitative estimate of drug-likeness (QED) is 0.808. The van der Waals surface area contributed by atoms with Crippen molar-refractivity contribution in [3.05, 3.63) is 12.4 Å². The maximum atomic E-state index is 5.99. The Bertz CT molecular complexity index is 370. The number of nitrogens with one attached hydrogen (secondary N) is 1. The van der Waals surface area contributed by atoms with Gasteiger partial charge in [-0.05, 0) is 34.1 Å². The number of hydrogen-bond acceptors (Lipinski definition) is 5. The second-order valence-corrected chi connectivity index (χ2v) is 5.72. The first kappa shape index (κ1) is 14.7. The highest BCUT2D eigenvalue weighted by atomic mass is 15.2. The molecule has 0 unspecified atom stereocenters. The van der Waals surface area contributed by atoms with E-state index in [0.717, 1.165) is 24.6 Å². The Hall–Kier alpha value is -1.36. The highest BCUT2D eigenvalue weighted by Crippen LogP contribution is 2.15. The molecule has 0 spiro atoms. The molecule has 0 atom stereocenters. The molecule has 1 heterocycles. The molecule has 5 nitrogen and oxygen atoms in total. The first-order chi connectivity index (χ1) is 8.28. The molecule has 1 rings (SSSR count). The van der Waals surface area contributed by atoms with E-state index in [1.807, 2.05) is 27.0 Å². The highest BCUT2D eigenvalue weighted by Gasteiger charge is 2.13. The van der Waals surface area contributed by atoms with Gasteiger partial charge in [-0.15, -0.1) is 0 Å². The molecule has 0 aliphatic heterocycles. The minimum Gasteiger partial charge on any atom is -0.368 e. The van der Waals surface area contributed by atoms with E-state index in [1.54, 1.807) is 6.33 Å². The number of rotatable bonds is 6. The third-order valence-electron chi connectivity index (χ3n) is 2.57. The third-order valence-corrected chi connectivity index (χ3v) is 2.57. The molecule has 0 aliphatic rings. The lowest BCUT2D eigenvalue weighted by molar-refractivity contribution is 0.478. The molecule has 18 heavy (non-hydrogen) atoms. The molecule has 1 aromatic rings. The van der Waals surface area contributed by atoms with Crippen molar-refractivity contribution in [1.82, 2.24) is 9.97 Å². The topological polar surface area (TPSA) is 67.1 Å². The minimum absolute atomic E-state index is 0.152. The lowest BCUT2D eigenvalue weighted by Gasteiger charge is -2.24. The summed E-state index contributed by atoms with van der Waals surface area (Å²) in [6, 6.07) is 2.32. The van der Waals surface area contributed by atoms with Gasteiger partial charge in [-0.2, -0.15) is 0 Å². The van der Waals surface area contributed by atoms with E-state index < -0.39 is 0 Å². The van der Waals surface area contributed by atoms with Gasteiger partial charge in [0.1, 0.15) is 18.0 Å². The predicted octanol–water partition coefficient (Wildman–Crippen LogP) is 1.86. The molecule has 1 aromatic heterocycles. The molecule has 3 N–H and O–H groups in total. The average molecular weight is 251 g/mol. The zero-order valence-electron chi connectivity index (χ0n) is 12.1. The van der Waals surface area contributed by atoms with Gasteiger partial charge < -0.3 is 16.0 Å². The fourth-order valence-corrected chi connectivity index (χ4v) is 1.50. The maximum Gasteiger partial charge on any atom is 0.133 e. The summed E-state index contributed by atoms with van der Waals surface area (Å²) in [5, 5.41) is 3.27. The van der Waals surface area contributed by atoms with Crippen LogP contribution in [0.15, 0.2) is 12.4 Å². The number of nitrogens with two attached hydrogens (primary N) is 1. The second-order valence-electron chi connectivity index (χ2n) is 5.72. The summed E-state index contributed by atoms with van der Waals surface area (Å²) in [7, 11) is 2.02. The molecule has 0 aliphatic carbocycles. The smallest absolute Gasteiger partial charge is 0.133 e. The summed E-state index contributed by atoms with van der Waals surface area (Å²) in [5.74, 6) is 1.77. The number of nitrogens with zero attached hydrogens (tertiary/aromatic N) is 3. The standard InChI is InChI=1S/C13H25N5/c1-10(2)17-11-8-12(16-9-15-11)18(5)7-6-13(3,4)14/h8-10H,6-7,14H2,1-5H3,(H,15,16,17). The Morgan fingerprint density at radius 3 is 2.61 bits per heavy atom. The zero-order chi connectivity index (χ0) is 13.8. The van der Waals surface area contributed by atoms with Gasteiger partial charge in [0.05, 0.1) is 0 Å². The molecular formula is C13H25N5. The van der Waals surface area contributed by atoms with Crippen LogP contribution in [-0.2, 0) is 0 Å². The van der Waals surface area contributed by atoms with Crippen molar-refractivity contribution in [2.45, 2.75) is 45.7 Å². The Balaban J connectivity index is 2.65. The van der Waals surface area contributed by atoms with E-state index in [-0.39, 0.29) is 5.54 Å². The van der Waals surface area contributed by atoms with E-state index in [4.69, 9.17) is 5.73 Å². The monoisotopic (exact) mass is 251 g/mol. The molecule has 0 saturated heterocycles. The van der Waals surface area contributed by atoms with E-state index in [1.165, 1.54) is 0 Å². The van der Waals surface area contributed by atoms with Gasteiger partial charge >= 0.3 is 0 Å². The van der Waals surface area contributed by atoms with Crippen LogP contribution in [0.1, 0.15) is 34.1 Å². The van der Waals surface area contributed by atoms with Crippen LogP contribution in [-0.4, -0.2) is 35.1 Å². The van der Waals surface area contributed by atoms with E-state index in [9.17, 15) is 0 Å². The molecule has 0 aromatic carbocycles. The molecule has 5 heteroatoms. The molecule has 0 radical (unpaired) electrons. The molecular weight excluding hydrogens is 226 g/mol. The van der Waals surface area contributed by atoms with Crippen molar-refractivity contribution in [2.75, 3.05) is 23.8 Å². The van der Waals surface area contributed by atoms with Crippen LogP contribution in [0.4, 0.5) is 11.6 Å². The molecule has 102 valence electrons. The summed E-state index contributed by atoms with van der Waals surface area (Å²) >= 11 is 0. The van der Waals surface area contributed by atoms with Gasteiger partial charge in [-0.25, -0.2) is 9.97 Å². The fraction of sp³-hybridized carbons (Fsp3) is 0.692. The van der Waals surface area contributed by atoms with Gasteiger partial charge in [0, 0.05) is 31.2 Å². The van der Waals surface area contributed by atoms with Crippen molar-refractivity contribution in [3.63, 3.8) is 0 Å². The molecule has 0 bridgehead atoms. The van der Waals surface area contributed by atoms with Gasteiger partial charge in [0.25, 0.3) is 0 Å². The summed E-state index contributed by atoms with van der Waals surface area (Å²) in [5.41, 5.74) is 5.83. The number of anilines is 2. The maximum absolute atomic E-state index is 5.99. The minimum atomic E-state index is -0.152. The van der Waals surface area contributed by atoms with Crippen LogP contribution >= 0.6 is 0 Å². The van der Waals surface area contributed by atoms with Gasteiger partial charge in [0.15, 0.2) is 0 Å². The highest BCUT2D eigenvalue weighted by molar-refractivity contribution is 5.48.